The molecule has 0 saturated heterocycles. The standard InChI is InChI=1S/C15H19N3O/c1-15(11-19-2,14-6-4-3-5-7-14)18-10-13-8-16-12-17-9-13/h3-9,12,18H,10-11H2,1-2H3/t15-/m1/s1. The molecular formula is C15H19N3O. The summed E-state index contributed by atoms with van der Waals surface area (Å²) in [5.74, 6) is 0. The molecule has 1 heterocycles. The first-order chi connectivity index (χ1) is 9.24. The number of nitrogens with one attached hydrogen (secondary N) is 1. The molecule has 4 heteroatoms. The molecule has 100 valence electrons. The van der Waals surface area contributed by atoms with E-state index in [9.17, 15) is 0 Å². The van der Waals surface area contributed by atoms with Crippen molar-refractivity contribution in [1.29, 1.82) is 0 Å². The highest BCUT2D eigenvalue weighted by atomic mass is 16.5. The third-order valence-corrected chi connectivity index (χ3v) is 3.14. The quantitative estimate of drug-likeness (QED) is 0.861. The highest BCUT2D eigenvalue weighted by Crippen LogP contribution is 2.21. The van der Waals surface area contributed by atoms with Crippen molar-refractivity contribution in [2.24, 2.45) is 0 Å². The van der Waals surface area contributed by atoms with Gasteiger partial charge in [0.2, 0.25) is 0 Å². The Kier molecular flexibility index (Phi) is 4.60. The summed E-state index contributed by atoms with van der Waals surface area (Å²) < 4.78 is 5.36. The minimum absolute atomic E-state index is 0.230. The zero-order chi connectivity index (χ0) is 13.6. The SMILES string of the molecule is COC[C@@](C)(NCc1cncnc1)c1ccccc1. The van der Waals surface area contributed by atoms with Gasteiger partial charge in [-0.1, -0.05) is 30.3 Å². The lowest BCUT2D eigenvalue weighted by molar-refractivity contribution is 0.117. The Labute approximate surface area is 113 Å². The normalized spacial score (nSPS) is 14.0. The van der Waals surface area contributed by atoms with E-state index in [0.29, 0.717) is 13.2 Å². The maximum atomic E-state index is 5.36. The van der Waals surface area contributed by atoms with E-state index < -0.39 is 0 Å². The lowest BCUT2D eigenvalue weighted by Crippen LogP contribution is -2.43. The maximum absolute atomic E-state index is 5.36. The largest absolute Gasteiger partial charge is 0.382 e. The van der Waals surface area contributed by atoms with E-state index in [-0.39, 0.29) is 5.54 Å². The van der Waals surface area contributed by atoms with Crippen molar-refractivity contribution in [1.82, 2.24) is 15.3 Å². The first kappa shape index (κ1) is 13.6. The lowest BCUT2D eigenvalue weighted by Gasteiger charge is -2.31. The van der Waals surface area contributed by atoms with Crippen LogP contribution in [0.15, 0.2) is 49.1 Å². The molecule has 2 aromatic rings. The predicted octanol–water partition coefficient (Wildman–Crippen LogP) is 2.13. The van der Waals surface area contributed by atoms with Crippen LogP contribution in [0, 0.1) is 0 Å². The van der Waals surface area contributed by atoms with E-state index in [1.165, 1.54) is 11.9 Å². The van der Waals surface area contributed by atoms with Crippen LogP contribution in [0.5, 0.6) is 0 Å². The number of methoxy groups -OCH3 is 1. The Morgan fingerprint density at radius 2 is 1.84 bits per heavy atom. The van der Waals surface area contributed by atoms with Crippen molar-refractivity contribution in [3.05, 3.63) is 60.2 Å². The molecule has 1 atom stereocenters. The van der Waals surface area contributed by atoms with Gasteiger partial charge in [-0.3, -0.25) is 0 Å². The summed E-state index contributed by atoms with van der Waals surface area (Å²) in [5.41, 5.74) is 2.03. The molecule has 1 N–H and O–H groups in total. The van der Waals surface area contributed by atoms with Crippen LogP contribution in [-0.2, 0) is 16.8 Å². The number of hydrogen-bond donors (Lipinski definition) is 1. The zero-order valence-corrected chi connectivity index (χ0v) is 11.3. The molecule has 4 nitrogen and oxygen atoms in total. The van der Waals surface area contributed by atoms with Gasteiger partial charge in [-0.15, -0.1) is 0 Å². The smallest absolute Gasteiger partial charge is 0.115 e. The van der Waals surface area contributed by atoms with E-state index in [1.54, 1.807) is 7.11 Å². The van der Waals surface area contributed by atoms with E-state index in [2.05, 4.69) is 34.3 Å². The zero-order valence-electron chi connectivity index (χ0n) is 11.3. The number of nitrogens with zero attached hydrogens (tertiary/aromatic N) is 2. The van der Waals surface area contributed by atoms with Crippen molar-refractivity contribution in [3.63, 3.8) is 0 Å². The molecule has 0 fully saturated rings. The van der Waals surface area contributed by atoms with Crippen LogP contribution in [-0.4, -0.2) is 23.7 Å². The molecule has 0 unspecified atom stereocenters. The minimum atomic E-state index is -0.230. The fourth-order valence-corrected chi connectivity index (χ4v) is 2.05. The Hall–Kier alpha value is -1.78. The topological polar surface area (TPSA) is 47.0 Å². The van der Waals surface area contributed by atoms with Gasteiger partial charge in [0, 0.05) is 31.6 Å². The van der Waals surface area contributed by atoms with Crippen LogP contribution < -0.4 is 5.32 Å². The summed E-state index contributed by atoms with van der Waals surface area (Å²) in [5, 5.41) is 3.52. The first-order valence-electron chi connectivity index (χ1n) is 6.28. The molecule has 1 aromatic carbocycles. The lowest BCUT2D eigenvalue weighted by atomic mass is 9.92. The predicted molar refractivity (Wildman–Crippen MR) is 74.5 cm³/mol. The van der Waals surface area contributed by atoms with Gasteiger partial charge in [0.25, 0.3) is 0 Å². The second kappa shape index (κ2) is 6.41. The molecule has 0 aliphatic heterocycles. The number of hydrogen-bond acceptors (Lipinski definition) is 4. The number of ether oxygens (including phenoxy) is 1. The van der Waals surface area contributed by atoms with Crippen LogP contribution in [0.4, 0.5) is 0 Å². The average Bonchev–Trinajstić information content (AvgIpc) is 2.48. The summed E-state index contributed by atoms with van der Waals surface area (Å²) in [6.45, 7) is 3.44. The van der Waals surface area contributed by atoms with Crippen LogP contribution in [0.3, 0.4) is 0 Å². The Bertz CT molecular complexity index is 489. The first-order valence-corrected chi connectivity index (χ1v) is 6.28. The Morgan fingerprint density at radius 1 is 1.16 bits per heavy atom. The van der Waals surface area contributed by atoms with Gasteiger partial charge in [0.15, 0.2) is 0 Å². The molecule has 2 rings (SSSR count). The van der Waals surface area contributed by atoms with Gasteiger partial charge in [0.1, 0.15) is 6.33 Å². The van der Waals surface area contributed by atoms with Crippen molar-refractivity contribution < 1.29 is 4.74 Å². The monoisotopic (exact) mass is 257 g/mol. The van der Waals surface area contributed by atoms with Crippen molar-refractivity contribution in [2.45, 2.75) is 19.0 Å². The van der Waals surface area contributed by atoms with Crippen LogP contribution >= 0.6 is 0 Å². The number of aromatic nitrogens is 2. The van der Waals surface area contributed by atoms with Crippen LogP contribution in [0.2, 0.25) is 0 Å². The molecule has 19 heavy (non-hydrogen) atoms. The van der Waals surface area contributed by atoms with Crippen LogP contribution in [0.1, 0.15) is 18.1 Å². The van der Waals surface area contributed by atoms with Crippen molar-refractivity contribution in [3.8, 4) is 0 Å². The second-order valence-corrected chi connectivity index (χ2v) is 4.73. The summed E-state index contributed by atoms with van der Waals surface area (Å²) in [6.07, 6.45) is 5.17. The molecule has 0 aliphatic carbocycles. The molecule has 0 bridgehead atoms. The number of rotatable bonds is 6. The van der Waals surface area contributed by atoms with E-state index in [1.807, 2.05) is 30.6 Å². The Morgan fingerprint density at radius 3 is 2.47 bits per heavy atom. The van der Waals surface area contributed by atoms with Crippen LogP contribution in [0.25, 0.3) is 0 Å². The third kappa shape index (κ3) is 3.59. The van der Waals surface area contributed by atoms with Crippen molar-refractivity contribution >= 4 is 0 Å². The summed E-state index contributed by atoms with van der Waals surface area (Å²) in [6, 6.07) is 10.3. The minimum Gasteiger partial charge on any atom is -0.382 e. The maximum Gasteiger partial charge on any atom is 0.115 e. The Balaban J connectivity index is 2.12. The molecule has 1 aromatic heterocycles. The highest BCUT2D eigenvalue weighted by molar-refractivity contribution is 5.24. The third-order valence-electron chi connectivity index (χ3n) is 3.14. The fraction of sp³-hybridized carbons (Fsp3) is 0.333. The summed E-state index contributed by atoms with van der Waals surface area (Å²) in [4.78, 5) is 8.04. The van der Waals surface area contributed by atoms with Gasteiger partial charge in [0.05, 0.1) is 12.1 Å². The molecule has 0 amide bonds. The van der Waals surface area contributed by atoms with Gasteiger partial charge in [-0.05, 0) is 12.5 Å². The highest BCUT2D eigenvalue weighted by Gasteiger charge is 2.25. The average molecular weight is 257 g/mol. The molecule has 0 radical (unpaired) electrons. The number of benzene rings is 1. The molecule has 0 saturated carbocycles. The van der Waals surface area contributed by atoms with Gasteiger partial charge >= 0.3 is 0 Å². The molecule has 0 spiro atoms. The fourth-order valence-electron chi connectivity index (χ4n) is 2.05. The second-order valence-electron chi connectivity index (χ2n) is 4.73. The van der Waals surface area contributed by atoms with E-state index in [4.69, 9.17) is 4.74 Å². The van der Waals surface area contributed by atoms with E-state index in [0.717, 1.165) is 5.56 Å². The molecule has 0 aliphatic rings. The van der Waals surface area contributed by atoms with Gasteiger partial charge in [-0.2, -0.15) is 0 Å². The van der Waals surface area contributed by atoms with Gasteiger partial charge < -0.3 is 10.1 Å². The van der Waals surface area contributed by atoms with Gasteiger partial charge in [-0.25, -0.2) is 9.97 Å². The summed E-state index contributed by atoms with van der Waals surface area (Å²) in [7, 11) is 1.72. The molecular weight excluding hydrogens is 238 g/mol. The summed E-state index contributed by atoms with van der Waals surface area (Å²) >= 11 is 0. The van der Waals surface area contributed by atoms with E-state index >= 15 is 0 Å². The van der Waals surface area contributed by atoms with Crippen molar-refractivity contribution in [2.75, 3.05) is 13.7 Å².